The molecule has 19 heavy (non-hydrogen) atoms. The summed E-state index contributed by atoms with van der Waals surface area (Å²) in [4.78, 5) is -0.118. The van der Waals surface area contributed by atoms with E-state index in [1.165, 1.54) is 6.07 Å². The van der Waals surface area contributed by atoms with Gasteiger partial charge in [-0.15, -0.1) is 0 Å². The molecular weight excluding hydrogens is 375 g/mol. The van der Waals surface area contributed by atoms with Gasteiger partial charge in [-0.25, -0.2) is 8.42 Å². The number of hydrogen-bond acceptors (Lipinski definition) is 3. The molecule has 0 saturated heterocycles. The monoisotopic (exact) mass is 384 g/mol. The Hall–Kier alpha value is -0.230. The Morgan fingerprint density at radius 3 is 2.68 bits per heavy atom. The zero-order valence-corrected chi connectivity index (χ0v) is 13.7. The average molecular weight is 386 g/mol. The summed E-state index contributed by atoms with van der Waals surface area (Å²) in [7, 11) is 1.50. The van der Waals surface area contributed by atoms with Gasteiger partial charge < -0.3 is 4.74 Å². The highest BCUT2D eigenvalue weighted by Gasteiger charge is 2.23. The van der Waals surface area contributed by atoms with Crippen LogP contribution in [0.15, 0.2) is 33.7 Å². The maximum absolute atomic E-state index is 11.6. The lowest BCUT2D eigenvalue weighted by Gasteiger charge is -2.20. The highest BCUT2D eigenvalue weighted by Crippen LogP contribution is 2.38. The van der Waals surface area contributed by atoms with Gasteiger partial charge in [0.1, 0.15) is 11.0 Å². The molecule has 0 amide bonds. The van der Waals surface area contributed by atoms with Crippen molar-refractivity contribution in [1.82, 2.24) is 0 Å². The zero-order chi connectivity index (χ0) is 14.0. The molecule has 0 spiro atoms. The molecule has 1 aromatic rings. The van der Waals surface area contributed by atoms with Gasteiger partial charge in [0.05, 0.1) is 5.02 Å². The van der Waals surface area contributed by atoms with E-state index in [0.717, 1.165) is 19.3 Å². The quantitative estimate of drug-likeness (QED) is 0.567. The summed E-state index contributed by atoms with van der Waals surface area (Å²) in [6, 6.07) is 2.96. The van der Waals surface area contributed by atoms with Crippen molar-refractivity contribution in [2.24, 2.45) is 0 Å². The maximum Gasteiger partial charge on any atom is 0.265 e. The molecule has 0 bridgehead atoms. The van der Waals surface area contributed by atoms with Crippen molar-refractivity contribution in [1.29, 1.82) is 0 Å². The van der Waals surface area contributed by atoms with Crippen LogP contribution >= 0.6 is 38.2 Å². The summed E-state index contributed by atoms with van der Waals surface area (Å²) in [5.74, 6) is 0.108. The normalized spacial score (nSPS) is 19.4. The van der Waals surface area contributed by atoms with Gasteiger partial charge in [0, 0.05) is 15.2 Å². The van der Waals surface area contributed by atoms with E-state index >= 15 is 0 Å². The Morgan fingerprint density at radius 2 is 2.11 bits per heavy atom. The molecule has 3 nitrogen and oxygen atoms in total. The third-order valence-electron chi connectivity index (χ3n) is 2.72. The van der Waals surface area contributed by atoms with Crippen LogP contribution in [0.4, 0.5) is 0 Å². The van der Waals surface area contributed by atoms with Gasteiger partial charge >= 0.3 is 0 Å². The van der Waals surface area contributed by atoms with Crippen LogP contribution in [0.2, 0.25) is 5.02 Å². The fourth-order valence-electron chi connectivity index (χ4n) is 1.86. The van der Waals surface area contributed by atoms with Crippen LogP contribution in [-0.4, -0.2) is 14.5 Å². The predicted molar refractivity (Wildman–Crippen MR) is 79.6 cm³/mol. The number of allylic oxidation sites excluding steroid dienone is 1. The summed E-state index contributed by atoms with van der Waals surface area (Å²) in [6.07, 6.45) is 6.57. The van der Waals surface area contributed by atoms with Crippen molar-refractivity contribution >= 4 is 47.3 Å². The number of ether oxygens (including phenoxy) is 1. The zero-order valence-electron chi connectivity index (χ0n) is 9.77. The van der Waals surface area contributed by atoms with Crippen molar-refractivity contribution in [2.45, 2.75) is 30.3 Å². The first kappa shape index (κ1) is 15.2. The summed E-state index contributed by atoms with van der Waals surface area (Å²) in [5.41, 5.74) is 0. The van der Waals surface area contributed by atoms with E-state index in [1.807, 2.05) is 12.2 Å². The van der Waals surface area contributed by atoms with Crippen LogP contribution in [0.3, 0.4) is 0 Å². The topological polar surface area (TPSA) is 43.4 Å². The summed E-state index contributed by atoms with van der Waals surface area (Å²) in [5, 5.41) is 0.215. The third kappa shape index (κ3) is 3.88. The number of hydrogen-bond donors (Lipinski definition) is 0. The van der Waals surface area contributed by atoms with Crippen molar-refractivity contribution in [3.8, 4) is 5.75 Å². The van der Waals surface area contributed by atoms with Crippen LogP contribution in [0, 0.1) is 0 Å². The standard InChI is InChI=1S/C12H11BrCl2O3S/c13-8-6-10(14)12(11(7-8)19(15,16)17)18-9-4-2-1-3-5-9/h2,4,6-7,9H,1,3,5H2. The van der Waals surface area contributed by atoms with Crippen LogP contribution in [0.5, 0.6) is 5.75 Å². The molecule has 0 heterocycles. The lowest BCUT2D eigenvalue weighted by molar-refractivity contribution is 0.224. The van der Waals surface area contributed by atoms with Gasteiger partial charge in [-0.05, 0) is 37.5 Å². The van der Waals surface area contributed by atoms with Gasteiger partial charge in [-0.3, -0.25) is 0 Å². The molecule has 2 rings (SSSR count). The first-order valence-corrected chi connectivity index (χ1v) is 9.13. The smallest absolute Gasteiger partial charge is 0.265 e. The Balaban J connectivity index is 2.43. The van der Waals surface area contributed by atoms with Crippen LogP contribution < -0.4 is 4.74 Å². The summed E-state index contributed by atoms with van der Waals surface area (Å²) >= 11 is 9.25. The van der Waals surface area contributed by atoms with Crippen LogP contribution in [-0.2, 0) is 9.05 Å². The minimum absolute atomic E-state index is 0.108. The van der Waals surface area contributed by atoms with Gasteiger partial charge in [0.25, 0.3) is 9.05 Å². The Bertz CT molecular complexity index is 614. The second-order valence-corrected chi connectivity index (χ2v) is 8.03. The van der Waals surface area contributed by atoms with Crippen molar-refractivity contribution in [3.63, 3.8) is 0 Å². The molecule has 0 aromatic heterocycles. The van der Waals surface area contributed by atoms with E-state index < -0.39 is 9.05 Å². The van der Waals surface area contributed by atoms with E-state index in [4.69, 9.17) is 27.0 Å². The second kappa shape index (κ2) is 6.04. The average Bonchev–Trinajstić information content (AvgIpc) is 2.32. The highest BCUT2D eigenvalue weighted by molar-refractivity contribution is 9.10. The molecule has 0 aliphatic heterocycles. The molecule has 0 saturated carbocycles. The molecule has 0 radical (unpaired) electrons. The first-order valence-electron chi connectivity index (χ1n) is 5.65. The minimum atomic E-state index is -3.92. The second-order valence-electron chi connectivity index (χ2n) is 4.17. The van der Waals surface area contributed by atoms with Crippen LogP contribution in [0.1, 0.15) is 19.3 Å². The third-order valence-corrected chi connectivity index (χ3v) is 4.78. The van der Waals surface area contributed by atoms with E-state index in [-0.39, 0.29) is 21.8 Å². The molecule has 1 atom stereocenters. The van der Waals surface area contributed by atoms with Gasteiger partial charge in [0.2, 0.25) is 0 Å². The fraction of sp³-hybridized carbons (Fsp3) is 0.333. The van der Waals surface area contributed by atoms with Crippen molar-refractivity contribution in [2.75, 3.05) is 0 Å². The molecule has 1 aliphatic carbocycles. The lowest BCUT2D eigenvalue weighted by atomic mass is 10.1. The maximum atomic E-state index is 11.6. The largest absolute Gasteiger partial charge is 0.483 e. The van der Waals surface area contributed by atoms with Gasteiger partial charge in [0.15, 0.2) is 5.75 Å². The first-order chi connectivity index (χ1) is 8.88. The molecule has 0 N–H and O–H groups in total. The van der Waals surface area contributed by atoms with Gasteiger partial charge in [-0.1, -0.05) is 33.6 Å². The Kier molecular flexibility index (Phi) is 4.82. The molecule has 1 aliphatic rings. The number of benzene rings is 1. The van der Waals surface area contributed by atoms with E-state index in [2.05, 4.69) is 15.9 Å². The van der Waals surface area contributed by atoms with Crippen molar-refractivity contribution < 1.29 is 13.2 Å². The number of halogens is 3. The fourth-order valence-corrected chi connectivity index (χ4v) is 3.92. The SMILES string of the molecule is O=S(=O)(Cl)c1cc(Br)cc(Cl)c1OC1C=CCCC1. The van der Waals surface area contributed by atoms with Crippen molar-refractivity contribution in [3.05, 3.63) is 33.8 Å². The van der Waals surface area contributed by atoms with Gasteiger partial charge in [-0.2, -0.15) is 0 Å². The molecule has 1 unspecified atom stereocenters. The Morgan fingerprint density at radius 1 is 1.37 bits per heavy atom. The summed E-state index contributed by atoms with van der Waals surface area (Å²) < 4.78 is 29.4. The lowest BCUT2D eigenvalue weighted by Crippen LogP contribution is -2.17. The predicted octanol–water partition coefficient (Wildman–Crippen LogP) is 4.52. The van der Waals surface area contributed by atoms with E-state index in [9.17, 15) is 8.42 Å². The summed E-state index contributed by atoms with van der Waals surface area (Å²) in [6.45, 7) is 0. The Labute approximate surface area is 130 Å². The number of rotatable bonds is 3. The molecule has 7 heteroatoms. The molecular formula is C12H11BrCl2O3S. The van der Waals surface area contributed by atoms with Crippen LogP contribution in [0.25, 0.3) is 0 Å². The van der Waals surface area contributed by atoms with E-state index in [1.54, 1.807) is 6.07 Å². The molecule has 0 fully saturated rings. The molecule has 104 valence electrons. The highest BCUT2D eigenvalue weighted by atomic mass is 79.9. The van der Waals surface area contributed by atoms with E-state index in [0.29, 0.717) is 4.47 Å². The molecule has 1 aromatic carbocycles. The minimum Gasteiger partial charge on any atom is -0.483 e.